The average molecular weight is 394 g/mol. The molecule has 2 aromatic carbocycles. The summed E-state index contributed by atoms with van der Waals surface area (Å²) >= 11 is 0. The van der Waals surface area contributed by atoms with Crippen molar-refractivity contribution in [2.75, 3.05) is 31.8 Å². The summed E-state index contributed by atoms with van der Waals surface area (Å²) in [5.74, 6) is 1.91. The SMILES string of the molecule is O=C(Nc1ccc2c(c1)OCO2)C1CC12CCN(C(=O)COc1ccccc1)C2. The van der Waals surface area contributed by atoms with Crippen LogP contribution >= 0.6 is 0 Å². The maximum absolute atomic E-state index is 12.7. The van der Waals surface area contributed by atoms with Gasteiger partial charge in [-0.05, 0) is 37.1 Å². The van der Waals surface area contributed by atoms with E-state index < -0.39 is 0 Å². The Morgan fingerprint density at radius 2 is 1.97 bits per heavy atom. The zero-order valence-electron chi connectivity index (χ0n) is 15.9. The number of nitrogens with zero attached hydrogens (tertiary/aromatic N) is 1. The lowest BCUT2D eigenvalue weighted by molar-refractivity contribution is -0.132. The van der Waals surface area contributed by atoms with Crippen molar-refractivity contribution < 1.29 is 23.8 Å². The summed E-state index contributed by atoms with van der Waals surface area (Å²) in [6.45, 7) is 1.51. The van der Waals surface area contributed by atoms with Crippen LogP contribution in [-0.2, 0) is 9.59 Å². The zero-order valence-corrected chi connectivity index (χ0v) is 15.9. The molecule has 2 fully saturated rings. The molecule has 2 amide bonds. The van der Waals surface area contributed by atoms with Crippen molar-refractivity contribution in [2.45, 2.75) is 12.8 Å². The van der Waals surface area contributed by atoms with Gasteiger partial charge in [0.15, 0.2) is 18.1 Å². The van der Waals surface area contributed by atoms with Gasteiger partial charge in [-0.2, -0.15) is 0 Å². The van der Waals surface area contributed by atoms with Crippen LogP contribution in [0.1, 0.15) is 12.8 Å². The quantitative estimate of drug-likeness (QED) is 0.844. The molecule has 7 nitrogen and oxygen atoms in total. The van der Waals surface area contributed by atoms with Crippen molar-refractivity contribution in [3.05, 3.63) is 48.5 Å². The number of ether oxygens (including phenoxy) is 3. The van der Waals surface area contributed by atoms with E-state index in [1.165, 1.54) is 0 Å². The van der Waals surface area contributed by atoms with Gasteiger partial charge in [-0.25, -0.2) is 0 Å². The summed E-state index contributed by atoms with van der Waals surface area (Å²) in [6, 6.07) is 14.7. The molecule has 5 rings (SSSR count). The van der Waals surface area contributed by atoms with Crippen molar-refractivity contribution >= 4 is 17.5 Å². The van der Waals surface area contributed by atoms with Crippen molar-refractivity contribution in [3.8, 4) is 17.2 Å². The second-order valence-corrected chi connectivity index (χ2v) is 7.84. The molecule has 7 heteroatoms. The van der Waals surface area contributed by atoms with Crippen molar-refractivity contribution in [1.82, 2.24) is 4.90 Å². The fourth-order valence-electron chi connectivity index (χ4n) is 4.23. The molecule has 2 aromatic rings. The topological polar surface area (TPSA) is 77.1 Å². The standard InChI is InChI=1S/C22H22N2O5/c25-20(12-27-16-4-2-1-3-5-16)24-9-8-22(13-24)11-17(22)21(26)23-15-6-7-18-19(10-15)29-14-28-18/h1-7,10,17H,8-9,11-14H2,(H,23,26). The lowest BCUT2D eigenvalue weighted by Gasteiger charge is -2.17. The Hall–Kier alpha value is -3.22. The number of likely N-dealkylation sites (tertiary alicyclic amines) is 1. The van der Waals surface area contributed by atoms with Crippen LogP contribution in [0.3, 0.4) is 0 Å². The van der Waals surface area contributed by atoms with Gasteiger partial charge in [0.05, 0.1) is 0 Å². The number of amides is 2. The first kappa shape index (κ1) is 17.8. The van der Waals surface area contributed by atoms with E-state index in [4.69, 9.17) is 14.2 Å². The summed E-state index contributed by atoms with van der Waals surface area (Å²) in [7, 11) is 0. The Kier molecular flexibility index (Phi) is 4.30. The van der Waals surface area contributed by atoms with Crippen molar-refractivity contribution in [3.63, 3.8) is 0 Å². The number of anilines is 1. The number of carbonyl (C=O) groups is 2. The molecule has 1 spiro atoms. The minimum atomic E-state index is -0.0944. The number of rotatable bonds is 5. The van der Waals surface area contributed by atoms with E-state index in [1.54, 1.807) is 12.1 Å². The van der Waals surface area contributed by atoms with E-state index in [9.17, 15) is 9.59 Å². The summed E-state index contributed by atoms with van der Waals surface area (Å²) in [5.41, 5.74) is 0.603. The van der Waals surface area contributed by atoms with Gasteiger partial charge in [-0.3, -0.25) is 9.59 Å². The van der Waals surface area contributed by atoms with E-state index in [2.05, 4.69) is 5.32 Å². The predicted octanol–water partition coefficient (Wildman–Crippen LogP) is 2.67. The van der Waals surface area contributed by atoms with Crippen LogP contribution in [0.5, 0.6) is 17.2 Å². The molecule has 2 unspecified atom stereocenters. The summed E-state index contributed by atoms with van der Waals surface area (Å²) in [4.78, 5) is 27.0. The second-order valence-electron chi connectivity index (χ2n) is 7.84. The number of benzene rings is 2. The first-order valence-electron chi connectivity index (χ1n) is 9.79. The van der Waals surface area contributed by atoms with E-state index in [0.29, 0.717) is 36.0 Å². The highest BCUT2D eigenvalue weighted by Crippen LogP contribution is 2.58. The second kappa shape index (κ2) is 6.99. The number of fused-ring (bicyclic) bond motifs is 1. The molecule has 0 bridgehead atoms. The van der Waals surface area contributed by atoms with Crippen LogP contribution in [0.2, 0.25) is 0 Å². The normalized spacial score (nSPS) is 23.9. The average Bonchev–Trinajstić information content (AvgIpc) is 3.04. The Morgan fingerprint density at radius 3 is 2.83 bits per heavy atom. The van der Waals surface area contributed by atoms with Crippen LogP contribution in [0.4, 0.5) is 5.69 Å². The number of hydrogen-bond donors (Lipinski definition) is 1. The first-order valence-corrected chi connectivity index (χ1v) is 9.79. The lowest BCUT2D eigenvalue weighted by atomic mass is 10.0. The van der Waals surface area contributed by atoms with Crippen molar-refractivity contribution in [2.24, 2.45) is 11.3 Å². The monoisotopic (exact) mass is 394 g/mol. The number of hydrogen-bond acceptors (Lipinski definition) is 5. The highest BCUT2D eigenvalue weighted by atomic mass is 16.7. The summed E-state index contributed by atoms with van der Waals surface area (Å²) < 4.78 is 16.2. The smallest absolute Gasteiger partial charge is 0.260 e. The van der Waals surface area contributed by atoms with Gasteiger partial charge in [0.1, 0.15) is 5.75 Å². The number of carbonyl (C=O) groups excluding carboxylic acids is 2. The molecule has 1 saturated heterocycles. The van der Waals surface area contributed by atoms with E-state index in [-0.39, 0.29) is 36.5 Å². The molecule has 150 valence electrons. The van der Waals surface area contributed by atoms with Crippen LogP contribution in [0.25, 0.3) is 0 Å². The van der Waals surface area contributed by atoms with E-state index in [1.807, 2.05) is 41.3 Å². The lowest BCUT2D eigenvalue weighted by Crippen LogP contribution is -2.33. The van der Waals surface area contributed by atoms with Crippen molar-refractivity contribution in [1.29, 1.82) is 0 Å². The molecule has 1 aliphatic carbocycles. The summed E-state index contributed by atoms with van der Waals surface area (Å²) in [5, 5.41) is 2.97. The Labute approximate surface area is 168 Å². The predicted molar refractivity (Wildman–Crippen MR) is 105 cm³/mol. The van der Waals surface area contributed by atoms with Gasteiger partial charge < -0.3 is 24.4 Å². The van der Waals surface area contributed by atoms with Gasteiger partial charge in [0, 0.05) is 36.2 Å². The fraction of sp³-hybridized carbons (Fsp3) is 0.364. The molecule has 0 radical (unpaired) electrons. The molecule has 0 aromatic heterocycles. The van der Waals surface area contributed by atoms with E-state index in [0.717, 1.165) is 12.8 Å². The maximum atomic E-state index is 12.7. The third-order valence-electron chi connectivity index (χ3n) is 5.99. The number of nitrogens with one attached hydrogen (secondary N) is 1. The van der Waals surface area contributed by atoms with Gasteiger partial charge in [-0.1, -0.05) is 18.2 Å². The molecule has 1 saturated carbocycles. The first-order chi connectivity index (χ1) is 14.1. The summed E-state index contributed by atoms with van der Waals surface area (Å²) in [6.07, 6.45) is 1.66. The van der Waals surface area contributed by atoms with E-state index >= 15 is 0 Å². The van der Waals surface area contributed by atoms with Crippen LogP contribution in [0, 0.1) is 11.3 Å². The van der Waals surface area contributed by atoms with Gasteiger partial charge in [-0.15, -0.1) is 0 Å². The van der Waals surface area contributed by atoms with Crippen LogP contribution in [-0.4, -0.2) is 43.2 Å². The molecule has 1 N–H and O–H groups in total. The van der Waals surface area contributed by atoms with Gasteiger partial charge in [0.2, 0.25) is 12.7 Å². The molecular formula is C22H22N2O5. The Morgan fingerprint density at radius 1 is 1.14 bits per heavy atom. The minimum absolute atomic E-state index is 0.00120. The zero-order chi connectivity index (χ0) is 19.8. The third kappa shape index (κ3) is 3.48. The fourth-order valence-corrected chi connectivity index (χ4v) is 4.23. The maximum Gasteiger partial charge on any atom is 0.260 e. The Bertz CT molecular complexity index is 947. The number of para-hydroxylation sites is 1. The largest absolute Gasteiger partial charge is 0.484 e. The van der Waals surface area contributed by atoms with Crippen LogP contribution in [0.15, 0.2) is 48.5 Å². The molecule has 2 atom stereocenters. The molecular weight excluding hydrogens is 372 g/mol. The van der Waals surface area contributed by atoms with Gasteiger partial charge >= 0.3 is 0 Å². The molecule has 3 aliphatic rings. The molecule has 29 heavy (non-hydrogen) atoms. The molecule has 2 aliphatic heterocycles. The highest BCUT2D eigenvalue weighted by Gasteiger charge is 2.61. The van der Waals surface area contributed by atoms with Crippen LogP contribution < -0.4 is 19.5 Å². The highest BCUT2D eigenvalue weighted by molar-refractivity contribution is 5.95. The molecule has 2 heterocycles. The Balaban J connectivity index is 1.14. The minimum Gasteiger partial charge on any atom is -0.484 e. The third-order valence-corrected chi connectivity index (χ3v) is 5.99. The van der Waals surface area contributed by atoms with Gasteiger partial charge in [0.25, 0.3) is 5.91 Å².